The van der Waals surface area contributed by atoms with Gasteiger partial charge in [-0.1, -0.05) is 6.07 Å². The molecule has 3 atom stereocenters. The molecule has 0 radical (unpaired) electrons. The first-order chi connectivity index (χ1) is 10.5. The fourth-order valence-electron chi connectivity index (χ4n) is 3.09. The number of amides is 1. The van der Waals surface area contributed by atoms with Crippen molar-refractivity contribution in [3.8, 4) is 0 Å². The molecule has 24 heavy (non-hydrogen) atoms. The molecule has 0 spiro atoms. The number of aliphatic hydroxyl groups excluding tert-OH is 1. The second-order valence-electron chi connectivity index (χ2n) is 5.86. The van der Waals surface area contributed by atoms with E-state index in [1.807, 2.05) is 0 Å². The predicted molar refractivity (Wildman–Crippen MR) is 92.0 cm³/mol. The Balaban J connectivity index is 0.00000144. The minimum absolute atomic E-state index is 0. The van der Waals surface area contributed by atoms with Crippen molar-refractivity contribution < 1.29 is 18.7 Å². The molecule has 1 amide bonds. The van der Waals surface area contributed by atoms with Gasteiger partial charge in [0.2, 0.25) is 5.91 Å². The molecule has 2 heterocycles. The average molecular weight is 384 g/mol. The zero-order valence-corrected chi connectivity index (χ0v) is 14.5. The number of para-hydroxylation sites is 1. The van der Waals surface area contributed by atoms with Crippen molar-refractivity contribution in [1.29, 1.82) is 0 Å². The van der Waals surface area contributed by atoms with E-state index >= 15 is 0 Å². The molecule has 0 saturated carbocycles. The van der Waals surface area contributed by atoms with E-state index in [0.717, 1.165) is 0 Å². The van der Waals surface area contributed by atoms with Crippen molar-refractivity contribution in [1.82, 2.24) is 10.6 Å². The number of carbonyl (C=O) groups is 1. The molecule has 2 aliphatic heterocycles. The summed E-state index contributed by atoms with van der Waals surface area (Å²) >= 11 is 0. The Labute approximate surface area is 151 Å². The monoisotopic (exact) mass is 383 g/mol. The zero-order valence-electron chi connectivity index (χ0n) is 12.9. The average Bonchev–Trinajstić information content (AvgIpc) is 3.08. The zero-order chi connectivity index (χ0) is 15.7. The third-order valence-electron chi connectivity index (χ3n) is 4.21. The van der Waals surface area contributed by atoms with Gasteiger partial charge in [-0.15, -0.1) is 24.8 Å². The lowest BCUT2D eigenvalue weighted by atomic mass is 10.1. The van der Waals surface area contributed by atoms with Crippen LogP contribution in [0.4, 0.5) is 14.5 Å². The van der Waals surface area contributed by atoms with Gasteiger partial charge >= 0.3 is 0 Å². The standard InChI is InChI=1S/C15H19F2N3O2.2ClH/c16-11-2-1-3-12(17)14(11)20-5-4-9(8-20)19-15(22)13-6-10(21)7-18-13;;/h1-3,9-10,13,18,21H,4-8H2,(H,19,22);2*1H. The molecule has 0 bridgehead atoms. The summed E-state index contributed by atoms with van der Waals surface area (Å²) in [5, 5.41) is 15.3. The van der Waals surface area contributed by atoms with E-state index in [9.17, 15) is 18.7 Å². The Morgan fingerprint density at radius 3 is 2.54 bits per heavy atom. The lowest BCUT2D eigenvalue weighted by Crippen LogP contribution is -2.46. The molecule has 5 nitrogen and oxygen atoms in total. The maximum absolute atomic E-state index is 13.8. The van der Waals surface area contributed by atoms with Crippen LogP contribution in [0.15, 0.2) is 18.2 Å². The van der Waals surface area contributed by atoms with Gasteiger partial charge in [-0.25, -0.2) is 8.78 Å². The van der Waals surface area contributed by atoms with Crippen molar-refractivity contribution >= 4 is 36.4 Å². The highest BCUT2D eigenvalue weighted by atomic mass is 35.5. The lowest BCUT2D eigenvalue weighted by molar-refractivity contribution is -0.123. The molecule has 3 N–H and O–H groups in total. The van der Waals surface area contributed by atoms with Gasteiger partial charge in [0.1, 0.15) is 17.3 Å². The van der Waals surface area contributed by atoms with Gasteiger partial charge in [0, 0.05) is 25.7 Å². The first-order valence-electron chi connectivity index (χ1n) is 7.45. The van der Waals surface area contributed by atoms with Gasteiger partial charge in [0.05, 0.1) is 12.1 Å². The van der Waals surface area contributed by atoms with E-state index < -0.39 is 23.8 Å². The van der Waals surface area contributed by atoms with Crippen LogP contribution in [0, 0.1) is 11.6 Å². The van der Waals surface area contributed by atoms with Crippen molar-refractivity contribution in [2.45, 2.75) is 31.0 Å². The van der Waals surface area contributed by atoms with Gasteiger partial charge < -0.3 is 20.6 Å². The fraction of sp³-hybridized carbons (Fsp3) is 0.533. The fourth-order valence-corrected chi connectivity index (χ4v) is 3.09. The number of anilines is 1. The number of nitrogens with zero attached hydrogens (tertiary/aromatic N) is 1. The summed E-state index contributed by atoms with van der Waals surface area (Å²) in [4.78, 5) is 13.7. The Morgan fingerprint density at radius 2 is 1.96 bits per heavy atom. The number of aliphatic hydroxyl groups is 1. The Morgan fingerprint density at radius 1 is 1.29 bits per heavy atom. The van der Waals surface area contributed by atoms with Gasteiger partial charge in [0.15, 0.2) is 0 Å². The molecular weight excluding hydrogens is 363 g/mol. The van der Waals surface area contributed by atoms with E-state index in [1.165, 1.54) is 18.2 Å². The largest absolute Gasteiger partial charge is 0.392 e. The minimum atomic E-state index is -0.590. The number of hydrogen-bond acceptors (Lipinski definition) is 4. The molecule has 2 aliphatic rings. The van der Waals surface area contributed by atoms with Crippen LogP contribution in [0.25, 0.3) is 0 Å². The molecule has 136 valence electrons. The number of rotatable bonds is 3. The van der Waals surface area contributed by atoms with Crippen molar-refractivity contribution in [2.24, 2.45) is 0 Å². The van der Waals surface area contributed by atoms with Crippen molar-refractivity contribution in [3.63, 3.8) is 0 Å². The summed E-state index contributed by atoms with van der Waals surface area (Å²) in [5.41, 5.74) is -0.0336. The van der Waals surface area contributed by atoms with Crippen LogP contribution in [0.2, 0.25) is 0 Å². The van der Waals surface area contributed by atoms with Crippen molar-refractivity contribution in [3.05, 3.63) is 29.8 Å². The van der Waals surface area contributed by atoms with E-state index in [-0.39, 0.29) is 42.5 Å². The SMILES string of the molecule is Cl.Cl.O=C(NC1CCN(c2c(F)cccc2F)C1)C1CC(O)CN1. The van der Waals surface area contributed by atoms with Crippen LogP contribution >= 0.6 is 24.8 Å². The number of carbonyl (C=O) groups excluding carboxylic acids is 1. The third-order valence-corrected chi connectivity index (χ3v) is 4.21. The maximum atomic E-state index is 13.8. The molecule has 2 saturated heterocycles. The minimum Gasteiger partial charge on any atom is -0.392 e. The van der Waals surface area contributed by atoms with Gasteiger partial charge in [-0.05, 0) is 25.0 Å². The molecule has 0 aliphatic carbocycles. The summed E-state index contributed by atoms with van der Waals surface area (Å²) in [6.07, 6.45) is 0.530. The highest BCUT2D eigenvalue weighted by molar-refractivity contribution is 5.85. The number of halogens is 4. The normalized spacial score (nSPS) is 25.8. The summed E-state index contributed by atoms with van der Waals surface area (Å²) in [6, 6.07) is 3.25. The maximum Gasteiger partial charge on any atom is 0.237 e. The van der Waals surface area contributed by atoms with Crippen molar-refractivity contribution in [2.75, 3.05) is 24.5 Å². The third kappa shape index (κ3) is 4.47. The second-order valence-corrected chi connectivity index (χ2v) is 5.86. The summed E-state index contributed by atoms with van der Waals surface area (Å²) in [6.45, 7) is 1.28. The quantitative estimate of drug-likeness (QED) is 0.734. The topological polar surface area (TPSA) is 64.6 Å². The number of benzene rings is 1. The Kier molecular flexibility index (Phi) is 7.66. The summed E-state index contributed by atoms with van der Waals surface area (Å²) < 4.78 is 27.5. The summed E-state index contributed by atoms with van der Waals surface area (Å²) in [7, 11) is 0. The molecule has 2 fully saturated rings. The number of nitrogens with one attached hydrogen (secondary N) is 2. The molecule has 0 aromatic heterocycles. The van der Waals surface area contributed by atoms with Crippen LogP contribution < -0.4 is 15.5 Å². The highest BCUT2D eigenvalue weighted by Gasteiger charge is 2.32. The van der Waals surface area contributed by atoms with Gasteiger partial charge in [-0.2, -0.15) is 0 Å². The van der Waals surface area contributed by atoms with Crippen LogP contribution in [-0.4, -0.2) is 48.8 Å². The molecular formula is C15H21Cl2F2N3O2. The van der Waals surface area contributed by atoms with Crippen LogP contribution in [0.3, 0.4) is 0 Å². The molecule has 3 unspecified atom stereocenters. The molecule has 1 aromatic carbocycles. The molecule has 9 heteroatoms. The Bertz CT molecular complexity index is 559. The highest BCUT2D eigenvalue weighted by Crippen LogP contribution is 2.26. The summed E-state index contributed by atoms with van der Waals surface area (Å²) in [5.74, 6) is -1.35. The first-order valence-corrected chi connectivity index (χ1v) is 7.45. The predicted octanol–water partition coefficient (Wildman–Crippen LogP) is 1.23. The second kappa shape index (κ2) is 8.80. The lowest BCUT2D eigenvalue weighted by Gasteiger charge is -2.21. The van der Waals surface area contributed by atoms with E-state index in [1.54, 1.807) is 4.90 Å². The van der Waals surface area contributed by atoms with Crippen LogP contribution in [-0.2, 0) is 4.79 Å². The van der Waals surface area contributed by atoms with E-state index in [2.05, 4.69) is 10.6 Å². The van der Waals surface area contributed by atoms with E-state index in [4.69, 9.17) is 0 Å². The van der Waals surface area contributed by atoms with Crippen LogP contribution in [0.5, 0.6) is 0 Å². The first kappa shape index (κ1) is 20.9. The van der Waals surface area contributed by atoms with Gasteiger partial charge in [-0.3, -0.25) is 4.79 Å². The number of hydrogen-bond donors (Lipinski definition) is 3. The Hall–Kier alpha value is -1.15. The van der Waals surface area contributed by atoms with E-state index in [0.29, 0.717) is 32.5 Å². The molecule has 3 rings (SSSR count). The van der Waals surface area contributed by atoms with Crippen LogP contribution in [0.1, 0.15) is 12.8 Å². The number of β-amino-alcohol motifs (C(OH)–C–C–N with tert-alkyl or cyclic N) is 1. The smallest absolute Gasteiger partial charge is 0.237 e. The van der Waals surface area contributed by atoms with Gasteiger partial charge in [0.25, 0.3) is 0 Å². The molecule has 1 aromatic rings.